The smallest absolute Gasteiger partial charge is 0.120 e. The summed E-state index contributed by atoms with van der Waals surface area (Å²) in [4.78, 5) is 0. The molecule has 1 heterocycles. The van der Waals surface area contributed by atoms with E-state index in [-0.39, 0.29) is 0 Å². The van der Waals surface area contributed by atoms with Gasteiger partial charge in [-0.1, -0.05) is 13.8 Å². The molecular formula is C13H18N2. The predicted octanol–water partition coefficient (Wildman–Crippen LogP) is 3.36. The van der Waals surface area contributed by atoms with E-state index in [1.54, 1.807) is 0 Å². The number of hydrogen-bond acceptors (Lipinski definition) is 1. The van der Waals surface area contributed by atoms with Crippen molar-refractivity contribution in [2.75, 3.05) is 0 Å². The van der Waals surface area contributed by atoms with Crippen LogP contribution in [0.4, 0.5) is 0 Å². The molecule has 2 heteroatoms. The summed E-state index contributed by atoms with van der Waals surface area (Å²) in [5.41, 5.74) is 0.807. The van der Waals surface area contributed by atoms with Crippen molar-refractivity contribution in [3.63, 3.8) is 0 Å². The van der Waals surface area contributed by atoms with Gasteiger partial charge in [-0.25, -0.2) is 0 Å². The van der Waals surface area contributed by atoms with Crippen LogP contribution in [0.15, 0.2) is 18.3 Å². The molecule has 0 aliphatic heterocycles. The van der Waals surface area contributed by atoms with Crippen LogP contribution < -0.4 is 0 Å². The molecule has 1 aliphatic rings. The summed E-state index contributed by atoms with van der Waals surface area (Å²) < 4.78 is 2.16. The molecule has 1 aromatic rings. The van der Waals surface area contributed by atoms with Crippen LogP contribution in [0.5, 0.6) is 0 Å². The zero-order valence-electron chi connectivity index (χ0n) is 9.48. The number of nitriles is 1. The first-order valence-corrected chi connectivity index (χ1v) is 5.77. The summed E-state index contributed by atoms with van der Waals surface area (Å²) in [6.45, 7) is 4.64. The van der Waals surface area contributed by atoms with Crippen LogP contribution in [0.3, 0.4) is 0 Å². The van der Waals surface area contributed by atoms with Crippen molar-refractivity contribution >= 4 is 0 Å². The Hall–Kier alpha value is -1.23. The summed E-state index contributed by atoms with van der Waals surface area (Å²) in [5, 5.41) is 9.00. The zero-order valence-corrected chi connectivity index (χ0v) is 9.48. The van der Waals surface area contributed by atoms with Gasteiger partial charge in [-0.2, -0.15) is 5.26 Å². The molecule has 1 aliphatic carbocycles. The highest BCUT2D eigenvalue weighted by Gasteiger charge is 2.25. The van der Waals surface area contributed by atoms with Crippen LogP contribution in [0.25, 0.3) is 0 Å². The fourth-order valence-corrected chi connectivity index (χ4v) is 2.94. The van der Waals surface area contributed by atoms with E-state index in [1.807, 2.05) is 18.3 Å². The highest BCUT2D eigenvalue weighted by Crippen LogP contribution is 2.36. The second-order valence-electron chi connectivity index (χ2n) is 4.98. The molecule has 1 aromatic heterocycles. The molecule has 0 saturated heterocycles. The molecule has 0 spiro atoms. The molecule has 0 amide bonds. The lowest BCUT2D eigenvalue weighted by Gasteiger charge is -2.32. The Morgan fingerprint density at radius 1 is 1.27 bits per heavy atom. The Labute approximate surface area is 91.5 Å². The van der Waals surface area contributed by atoms with Gasteiger partial charge in [0.05, 0.1) is 0 Å². The summed E-state index contributed by atoms with van der Waals surface area (Å²) in [7, 11) is 0. The number of nitrogens with zero attached hydrogens (tertiary/aromatic N) is 2. The highest BCUT2D eigenvalue weighted by atomic mass is 15.0. The van der Waals surface area contributed by atoms with E-state index in [4.69, 9.17) is 5.26 Å². The van der Waals surface area contributed by atoms with Gasteiger partial charge >= 0.3 is 0 Å². The fourth-order valence-electron chi connectivity index (χ4n) is 2.94. The Morgan fingerprint density at radius 3 is 2.53 bits per heavy atom. The average Bonchev–Trinajstić information content (AvgIpc) is 2.63. The summed E-state index contributed by atoms with van der Waals surface area (Å²) in [6.07, 6.45) is 5.81. The van der Waals surface area contributed by atoms with Crippen molar-refractivity contribution in [2.24, 2.45) is 11.8 Å². The van der Waals surface area contributed by atoms with E-state index in [0.717, 1.165) is 17.5 Å². The van der Waals surface area contributed by atoms with E-state index < -0.39 is 0 Å². The number of aromatic nitrogens is 1. The van der Waals surface area contributed by atoms with E-state index in [1.165, 1.54) is 19.3 Å². The van der Waals surface area contributed by atoms with Gasteiger partial charge in [0.15, 0.2) is 0 Å². The van der Waals surface area contributed by atoms with Crippen molar-refractivity contribution < 1.29 is 0 Å². The average molecular weight is 202 g/mol. The van der Waals surface area contributed by atoms with Crippen LogP contribution in [-0.4, -0.2) is 4.57 Å². The van der Waals surface area contributed by atoms with Gasteiger partial charge < -0.3 is 4.57 Å². The van der Waals surface area contributed by atoms with Crippen LogP contribution in [0.1, 0.15) is 44.8 Å². The van der Waals surface area contributed by atoms with Crippen LogP contribution in [0, 0.1) is 23.2 Å². The van der Waals surface area contributed by atoms with Crippen LogP contribution in [-0.2, 0) is 0 Å². The van der Waals surface area contributed by atoms with Gasteiger partial charge in [-0.05, 0) is 43.2 Å². The molecule has 2 rings (SSSR count). The van der Waals surface area contributed by atoms with Crippen molar-refractivity contribution in [3.05, 3.63) is 24.0 Å². The van der Waals surface area contributed by atoms with Gasteiger partial charge in [0.25, 0.3) is 0 Å². The monoisotopic (exact) mass is 202 g/mol. The van der Waals surface area contributed by atoms with Crippen LogP contribution in [0.2, 0.25) is 0 Å². The van der Waals surface area contributed by atoms with Gasteiger partial charge in [0, 0.05) is 12.2 Å². The lowest BCUT2D eigenvalue weighted by atomic mass is 9.80. The molecule has 0 radical (unpaired) electrons. The summed E-state index contributed by atoms with van der Waals surface area (Å²) >= 11 is 0. The standard InChI is InChI=1S/C13H18N2/c1-10-6-11(2)8-13(7-10)15-5-3-4-12(15)9-14/h3-5,10-11,13H,6-8H2,1-2H3. The fraction of sp³-hybridized carbons (Fsp3) is 0.615. The maximum atomic E-state index is 9.00. The van der Waals surface area contributed by atoms with Gasteiger partial charge in [-0.3, -0.25) is 0 Å². The largest absolute Gasteiger partial charge is 0.336 e. The quantitative estimate of drug-likeness (QED) is 0.686. The molecular weight excluding hydrogens is 184 g/mol. The summed E-state index contributed by atoms with van der Waals surface area (Å²) in [5.74, 6) is 1.57. The summed E-state index contributed by atoms with van der Waals surface area (Å²) in [6, 6.07) is 6.68. The Kier molecular flexibility index (Phi) is 2.81. The maximum absolute atomic E-state index is 9.00. The SMILES string of the molecule is CC1CC(C)CC(n2cccc2C#N)C1. The normalized spacial score (nSPS) is 31.1. The second-order valence-corrected chi connectivity index (χ2v) is 4.98. The van der Waals surface area contributed by atoms with Gasteiger partial charge in [-0.15, -0.1) is 0 Å². The van der Waals surface area contributed by atoms with Gasteiger partial charge in [0.1, 0.15) is 11.8 Å². The molecule has 0 aromatic carbocycles. The van der Waals surface area contributed by atoms with E-state index in [9.17, 15) is 0 Å². The third kappa shape index (κ3) is 2.07. The van der Waals surface area contributed by atoms with E-state index in [2.05, 4.69) is 24.5 Å². The first-order valence-electron chi connectivity index (χ1n) is 5.77. The molecule has 80 valence electrons. The predicted molar refractivity (Wildman–Crippen MR) is 60.4 cm³/mol. The van der Waals surface area contributed by atoms with Crippen molar-refractivity contribution in [1.82, 2.24) is 4.57 Å². The second kappa shape index (κ2) is 4.10. The Balaban J connectivity index is 2.20. The van der Waals surface area contributed by atoms with Crippen molar-refractivity contribution in [3.8, 4) is 6.07 Å². The van der Waals surface area contributed by atoms with Crippen molar-refractivity contribution in [1.29, 1.82) is 5.26 Å². The molecule has 2 unspecified atom stereocenters. The first kappa shape index (κ1) is 10.3. The van der Waals surface area contributed by atoms with Gasteiger partial charge in [0.2, 0.25) is 0 Å². The van der Waals surface area contributed by atoms with E-state index in [0.29, 0.717) is 6.04 Å². The highest BCUT2D eigenvalue weighted by molar-refractivity contribution is 5.23. The van der Waals surface area contributed by atoms with E-state index >= 15 is 0 Å². The maximum Gasteiger partial charge on any atom is 0.120 e. The molecule has 2 atom stereocenters. The lowest BCUT2D eigenvalue weighted by Crippen LogP contribution is -2.22. The molecule has 1 saturated carbocycles. The molecule has 0 N–H and O–H groups in total. The molecule has 15 heavy (non-hydrogen) atoms. The minimum absolute atomic E-state index is 0.536. The topological polar surface area (TPSA) is 28.7 Å². The zero-order chi connectivity index (χ0) is 10.8. The minimum atomic E-state index is 0.536. The Bertz CT molecular complexity index is 362. The van der Waals surface area contributed by atoms with Crippen LogP contribution >= 0.6 is 0 Å². The Morgan fingerprint density at radius 2 is 1.93 bits per heavy atom. The molecule has 0 bridgehead atoms. The third-order valence-corrected chi connectivity index (χ3v) is 3.44. The molecule has 2 nitrogen and oxygen atoms in total. The lowest BCUT2D eigenvalue weighted by molar-refractivity contribution is 0.221. The third-order valence-electron chi connectivity index (χ3n) is 3.44. The number of hydrogen-bond donors (Lipinski definition) is 0. The first-order chi connectivity index (χ1) is 7.20. The number of rotatable bonds is 1. The minimum Gasteiger partial charge on any atom is -0.336 e. The molecule has 1 fully saturated rings. The van der Waals surface area contributed by atoms with Crippen molar-refractivity contribution in [2.45, 2.75) is 39.2 Å².